The van der Waals surface area contributed by atoms with Crippen molar-refractivity contribution in [3.63, 3.8) is 0 Å². The smallest absolute Gasteiger partial charge is 0.122 e. The first-order valence-electron chi connectivity index (χ1n) is 8.33. The molecule has 3 rings (SSSR count). The van der Waals surface area contributed by atoms with Crippen molar-refractivity contribution in [2.45, 2.75) is 12.8 Å². The van der Waals surface area contributed by atoms with E-state index in [-0.39, 0.29) is 11.5 Å². The maximum absolute atomic E-state index is 10.3. The van der Waals surface area contributed by atoms with Crippen LogP contribution in [0.5, 0.6) is 11.5 Å². The first-order chi connectivity index (χ1) is 13.1. The van der Waals surface area contributed by atoms with Crippen molar-refractivity contribution in [3.05, 3.63) is 88.3 Å². The number of dihydropyridines is 1. The molecular weight excluding hydrogens is 338 g/mol. The SMILES string of the molecule is CC1=C(C#N)C(c2ccccc2O)C(C#N)=C(/C=C/c2ccccc2O)N1. The Balaban J connectivity index is 2.14. The highest BCUT2D eigenvalue weighted by Gasteiger charge is 2.31. The van der Waals surface area contributed by atoms with Gasteiger partial charge in [0.25, 0.3) is 0 Å². The number of nitrogens with zero attached hydrogens (tertiary/aromatic N) is 2. The Morgan fingerprint density at radius 1 is 0.889 bits per heavy atom. The minimum absolute atomic E-state index is 0.0294. The van der Waals surface area contributed by atoms with Crippen LogP contribution in [0.4, 0.5) is 0 Å². The number of hydrogen-bond donors (Lipinski definition) is 3. The van der Waals surface area contributed by atoms with Crippen LogP contribution in [-0.2, 0) is 0 Å². The van der Waals surface area contributed by atoms with Crippen LogP contribution in [0.25, 0.3) is 6.08 Å². The highest BCUT2D eigenvalue weighted by atomic mass is 16.3. The molecule has 0 saturated carbocycles. The molecule has 0 aromatic heterocycles. The van der Waals surface area contributed by atoms with Gasteiger partial charge in [-0.1, -0.05) is 36.4 Å². The quantitative estimate of drug-likeness (QED) is 0.770. The van der Waals surface area contributed by atoms with Crippen LogP contribution in [0.1, 0.15) is 24.0 Å². The molecule has 5 heteroatoms. The van der Waals surface area contributed by atoms with Gasteiger partial charge >= 0.3 is 0 Å². The summed E-state index contributed by atoms with van der Waals surface area (Å²) in [6, 6.07) is 17.9. The van der Waals surface area contributed by atoms with Gasteiger partial charge in [-0.2, -0.15) is 10.5 Å². The fourth-order valence-corrected chi connectivity index (χ4v) is 3.10. The van der Waals surface area contributed by atoms with Crippen LogP contribution in [0, 0.1) is 22.7 Å². The Labute approximate surface area is 157 Å². The summed E-state index contributed by atoms with van der Waals surface area (Å²) in [5, 5.41) is 42.7. The molecule has 1 atom stereocenters. The standard InChI is InChI=1S/C22H17N3O2/c1-14-17(12-23)22(16-7-3-5-9-21(16)27)18(13-24)19(25-14)11-10-15-6-2-4-8-20(15)26/h2-11,22,25-27H,1H3/b11-10+. The van der Waals surface area contributed by atoms with Crippen LogP contribution < -0.4 is 5.32 Å². The number of benzene rings is 2. The van der Waals surface area contributed by atoms with E-state index in [2.05, 4.69) is 17.5 Å². The molecule has 1 unspecified atom stereocenters. The second kappa shape index (κ2) is 7.51. The van der Waals surface area contributed by atoms with Crippen molar-refractivity contribution in [2.75, 3.05) is 0 Å². The molecule has 0 fully saturated rings. The van der Waals surface area contributed by atoms with Gasteiger partial charge in [0.1, 0.15) is 11.5 Å². The molecule has 27 heavy (non-hydrogen) atoms. The first-order valence-corrected chi connectivity index (χ1v) is 8.33. The molecule has 1 aliphatic heterocycles. The molecule has 2 aromatic carbocycles. The molecule has 0 aliphatic carbocycles. The van der Waals surface area contributed by atoms with E-state index in [9.17, 15) is 20.7 Å². The van der Waals surface area contributed by atoms with E-state index in [4.69, 9.17) is 0 Å². The van der Waals surface area contributed by atoms with E-state index in [0.29, 0.717) is 33.7 Å². The number of phenolic OH excluding ortho intramolecular Hbond substituents is 2. The zero-order valence-electron chi connectivity index (χ0n) is 14.6. The van der Waals surface area contributed by atoms with Gasteiger partial charge in [0.15, 0.2) is 0 Å². The average molecular weight is 355 g/mol. The van der Waals surface area contributed by atoms with Crippen LogP contribution in [0.15, 0.2) is 77.1 Å². The van der Waals surface area contributed by atoms with Gasteiger partial charge < -0.3 is 15.5 Å². The van der Waals surface area contributed by atoms with E-state index >= 15 is 0 Å². The Morgan fingerprint density at radius 3 is 2.15 bits per heavy atom. The van der Waals surface area contributed by atoms with Gasteiger partial charge in [0.2, 0.25) is 0 Å². The summed E-state index contributed by atoms with van der Waals surface area (Å²) in [7, 11) is 0. The van der Waals surface area contributed by atoms with Gasteiger partial charge in [0, 0.05) is 16.8 Å². The summed E-state index contributed by atoms with van der Waals surface area (Å²) in [6.45, 7) is 1.76. The van der Waals surface area contributed by atoms with Gasteiger partial charge in [-0.25, -0.2) is 0 Å². The lowest BCUT2D eigenvalue weighted by Gasteiger charge is -2.26. The lowest BCUT2D eigenvalue weighted by Crippen LogP contribution is -2.24. The minimum atomic E-state index is -0.661. The number of nitrogens with one attached hydrogen (secondary N) is 1. The lowest BCUT2D eigenvalue weighted by atomic mass is 9.81. The normalized spacial score (nSPS) is 16.8. The Bertz CT molecular complexity index is 1070. The lowest BCUT2D eigenvalue weighted by molar-refractivity contribution is 0.466. The molecule has 132 valence electrons. The van der Waals surface area contributed by atoms with Crippen molar-refractivity contribution >= 4 is 6.08 Å². The number of phenols is 2. The second-order valence-electron chi connectivity index (χ2n) is 6.10. The summed E-state index contributed by atoms with van der Waals surface area (Å²) < 4.78 is 0. The van der Waals surface area contributed by atoms with E-state index in [1.807, 2.05) is 0 Å². The third-order valence-electron chi connectivity index (χ3n) is 4.45. The molecule has 2 aromatic rings. The zero-order chi connectivity index (χ0) is 19.4. The first kappa shape index (κ1) is 17.8. The molecule has 0 amide bonds. The number of nitriles is 2. The Kier molecular flexibility index (Phi) is 4.97. The maximum Gasteiger partial charge on any atom is 0.122 e. The molecular formula is C22H17N3O2. The van der Waals surface area contributed by atoms with E-state index in [0.717, 1.165) is 0 Å². The molecule has 0 spiro atoms. The van der Waals surface area contributed by atoms with Gasteiger partial charge in [-0.3, -0.25) is 0 Å². The molecule has 3 N–H and O–H groups in total. The highest BCUT2D eigenvalue weighted by molar-refractivity contribution is 5.64. The molecule has 1 aliphatic rings. The van der Waals surface area contributed by atoms with Crippen LogP contribution in [0.2, 0.25) is 0 Å². The predicted octanol–water partition coefficient (Wildman–Crippen LogP) is 4.07. The predicted molar refractivity (Wildman–Crippen MR) is 102 cm³/mol. The minimum Gasteiger partial charge on any atom is -0.508 e. The molecule has 0 radical (unpaired) electrons. The van der Waals surface area contributed by atoms with Crippen LogP contribution >= 0.6 is 0 Å². The number of hydrogen-bond acceptors (Lipinski definition) is 5. The van der Waals surface area contributed by atoms with Gasteiger partial charge in [-0.05, 0) is 31.2 Å². The zero-order valence-corrected chi connectivity index (χ0v) is 14.6. The van der Waals surface area contributed by atoms with Crippen molar-refractivity contribution in [1.82, 2.24) is 5.32 Å². The van der Waals surface area contributed by atoms with E-state index in [1.54, 1.807) is 61.5 Å². The van der Waals surface area contributed by atoms with Gasteiger partial charge in [-0.15, -0.1) is 0 Å². The summed E-state index contributed by atoms with van der Waals surface area (Å²) in [5.41, 5.74) is 2.95. The number of para-hydroxylation sites is 2. The largest absolute Gasteiger partial charge is 0.508 e. The summed E-state index contributed by atoms with van der Waals surface area (Å²) >= 11 is 0. The summed E-state index contributed by atoms with van der Waals surface area (Å²) in [4.78, 5) is 0. The number of allylic oxidation sites excluding steroid dienone is 4. The van der Waals surface area contributed by atoms with Crippen LogP contribution in [-0.4, -0.2) is 10.2 Å². The van der Waals surface area contributed by atoms with Gasteiger partial charge in [0.05, 0.1) is 34.9 Å². The molecule has 0 saturated heterocycles. The number of rotatable bonds is 3. The third-order valence-corrected chi connectivity index (χ3v) is 4.45. The van der Waals surface area contributed by atoms with Crippen molar-refractivity contribution in [1.29, 1.82) is 10.5 Å². The fourth-order valence-electron chi connectivity index (χ4n) is 3.10. The Morgan fingerprint density at radius 2 is 1.52 bits per heavy atom. The monoisotopic (exact) mass is 355 g/mol. The molecule has 5 nitrogen and oxygen atoms in total. The fraction of sp³-hybridized carbons (Fsp3) is 0.0909. The van der Waals surface area contributed by atoms with Crippen LogP contribution in [0.3, 0.4) is 0 Å². The summed E-state index contributed by atoms with van der Waals surface area (Å²) in [5.74, 6) is -0.501. The average Bonchev–Trinajstić information content (AvgIpc) is 2.67. The van der Waals surface area contributed by atoms with Crippen molar-refractivity contribution < 1.29 is 10.2 Å². The Hall–Kier alpha value is -3.96. The van der Waals surface area contributed by atoms with Crippen molar-refractivity contribution in [3.8, 4) is 23.6 Å². The molecule has 0 bridgehead atoms. The van der Waals surface area contributed by atoms with E-state index < -0.39 is 5.92 Å². The molecule has 1 heterocycles. The topological polar surface area (TPSA) is 100 Å². The van der Waals surface area contributed by atoms with Crippen molar-refractivity contribution in [2.24, 2.45) is 0 Å². The third kappa shape index (κ3) is 3.40. The second-order valence-corrected chi connectivity index (χ2v) is 6.10. The maximum atomic E-state index is 10.3. The van der Waals surface area contributed by atoms with E-state index in [1.165, 1.54) is 6.07 Å². The summed E-state index contributed by atoms with van der Waals surface area (Å²) in [6.07, 6.45) is 3.39. The highest BCUT2D eigenvalue weighted by Crippen LogP contribution is 2.41. The number of aromatic hydroxyl groups is 2.